The van der Waals surface area contributed by atoms with Crippen molar-refractivity contribution in [1.29, 1.82) is 0 Å². The average molecular weight is 428 g/mol. The van der Waals surface area contributed by atoms with Crippen LogP contribution in [0.2, 0.25) is 0 Å². The van der Waals surface area contributed by atoms with Crippen LogP contribution in [-0.4, -0.2) is 28.3 Å². The van der Waals surface area contributed by atoms with Crippen LogP contribution < -0.4 is 15.8 Å². The lowest BCUT2D eigenvalue weighted by Gasteiger charge is -2.16. The molecular formula is C24H20N4O4. The molecule has 5 rings (SSSR count). The molecule has 1 aliphatic heterocycles. The highest BCUT2D eigenvalue weighted by atomic mass is 16.3. The molecule has 8 heteroatoms. The van der Waals surface area contributed by atoms with E-state index in [1.807, 2.05) is 18.2 Å². The van der Waals surface area contributed by atoms with Gasteiger partial charge in [-0.05, 0) is 48.4 Å². The van der Waals surface area contributed by atoms with E-state index in [0.717, 1.165) is 11.3 Å². The smallest absolute Gasteiger partial charge is 0.261 e. The van der Waals surface area contributed by atoms with Crippen molar-refractivity contribution in [2.45, 2.75) is 19.3 Å². The lowest BCUT2D eigenvalue weighted by Crippen LogP contribution is -2.28. The van der Waals surface area contributed by atoms with E-state index in [1.54, 1.807) is 35.2 Å². The number of nitrogens with one attached hydrogen (secondary N) is 2. The van der Waals surface area contributed by atoms with Gasteiger partial charge in [-0.3, -0.25) is 14.4 Å². The van der Waals surface area contributed by atoms with Gasteiger partial charge in [0.15, 0.2) is 0 Å². The first-order valence-corrected chi connectivity index (χ1v) is 10.3. The number of hydrogen-bond donors (Lipinski definition) is 2. The number of furan rings is 1. The minimum atomic E-state index is -0.209. The van der Waals surface area contributed by atoms with Gasteiger partial charge in [0.1, 0.15) is 12.1 Å². The quantitative estimate of drug-likeness (QED) is 0.507. The lowest BCUT2D eigenvalue weighted by atomic mass is 10.1. The van der Waals surface area contributed by atoms with Crippen molar-refractivity contribution in [3.8, 4) is 0 Å². The van der Waals surface area contributed by atoms with Crippen molar-refractivity contribution in [2.75, 3.05) is 16.8 Å². The number of fused-ring (bicyclic) bond motifs is 2. The maximum absolute atomic E-state index is 12.6. The molecule has 4 aromatic rings. The summed E-state index contributed by atoms with van der Waals surface area (Å²) in [4.78, 5) is 46.1. The number of carbonyl (C=O) groups is 2. The molecule has 160 valence electrons. The summed E-state index contributed by atoms with van der Waals surface area (Å²) in [5.74, 6) is 0.197. The van der Waals surface area contributed by atoms with Crippen molar-refractivity contribution >= 4 is 34.1 Å². The second kappa shape index (κ2) is 8.14. The Bertz CT molecular complexity index is 1370. The fraction of sp³-hybridized carbons (Fsp3) is 0.167. The molecule has 2 aromatic carbocycles. The Hall–Kier alpha value is -4.20. The molecule has 0 spiro atoms. The fourth-order valence-corrected chi connectivity index (χ4v) is 3.94. The highest BCUT2D eigenvalue weighted by Gasteiger charge is 2.26. The van der Waals surface area contributed by atoms with Gasteiger partial charge in [0.25, 0.3) is 11.5 Å². The molecule has 1 aliphatic rings. The largest absolute Gasteiger partial charge is 0.472 e. The molecule has 32 heavy (non-hydrogen) atoms. The molecule has 2 N–H and O–H groups in total. The number of amides is 2. The third-order valence-corrected chi connectivity index (χ3v) is 5.52. The summed E-state index contributed by atoms with van der Waals surface area (Å²) in [6.45, 7) is 0.581. The first-order valence-electron chi connectivity index (χ1n) is 10.3. The van der Waals surface area contributed by atoms with Crippen molar-refractivity contribution < 1.29 is 14.0 Å². The maximum Gasteiger partial charge on any atom is 0.261 e. The third kappa shape index (κ3) is 3.78. The summed E-state index contributed by atoms with van der Waals surface area (Å²) in [5.41, 5.74) is 3.42. The van der Waals surface area contributed by atoms with Crippen molar-refractivity contribution in [2.24, 2.45) is 0 Å². The van der Waals surface area contributed by atoms with Crippen LogP contribution in [0.1, 0.15) is 28.2 Å². The van der Waals surface area contributed by atoms with Gasteiger partial charge < -0.3 is 19.6 Å². The molecule has 0 aliphatic carbocycles. The van der Waals surface area contributed by atoms with Crippen molar-refractivity contribution in [1.82, 2.24) is 9.97 Å². The number of benzene rings is 2. The third-order valence-electron chi connectivity index (χ3n) is 5.52. The molecule has 3 heterocycles. The van der Waals surface area contributed by atoms with Crippen LogP contribution in [0.5, 0.6) is 0 Å². The molecule has 0 fully saturated rings. The molecule has 0 unspecified atom stereocenters. The van der Waals surface area contributed by atoms with E-state index in [9.17, 15) is 14.4 Å². The molecule has 2 amide bonds. The summed E-state index contributed by atoms with van der Waals surface area (Å²) < 4.78 is 5.01. The number of aromatic nitrogens is 2. The molecule has 0 atom stereocenters. The first-order chi connectivity index (χ1) is 15.6. The maximum atomic E-state index is 12.6. The minimum Gasteiger partial charge on any atom is -0.472 e. The molecule has 0 bridgehead atoms. The predicted octanol–water partition coefficient (Wildman–Crippen LogP) is 3.29. The van der Waals surface area contributed by atoms with Gasteiger partial charge in [-0.15, -0.1) is 0 Å². The summed E-state index contributed by atoms with van der Waals surface area (Å²) >= 11 is 0. The Morgan fingerprint density at radius 1 is 1.16 bits per heavy atom. The lowest BCUT2D eigenvalue weighted by molar-refractivity contribution is -0.116. The van der Waals surface area contributed by atoms with E-state index in [0.29, 0.717) is 47.4 Å². The van der Waals surface area contributed by atoms with Crippen LogP contribution >= 0.6 is 0 Å². The van der Waals surface area contributed by atoms with Gasteiger partial charge in [-0.25, -0.2) is 4.98 Å². The number of aromatic amines is 1. The molecule has 0 saturated heterocycles. The number of carbonyl (C=O) groups excluding carboxylic acids is 2. The zero-order valence-electron chi connectivity index (χ0n) is 17.1. The standard InChI is InChI=1S/C24H20N4O4/c29-22(8-7-21-26-19-4-2-1-3-18(19)23(30)27-21)25-17-5-6-20-15(13-17)9-11-28(20)24(31)16-10-12-32-14-16/h1-6,10,12-14H,7-9,11H2,(H,25,29)(H,26,27,30). The molecule has 2 aromatic heterocycles. The van der Waals surface area contributed by atoms with E-state index in [2.05, 4.69) is 15.3 Å². The Labute approximate surface area is 182 Å². The van der Waals surface area contributed by atoms with Crippen LogP contribution in [-0.2, 0) is 17.6 Å². The monoisotopic (exact) mass is 428 g/mol. The summed E-state index contributed by atoms with van der Waals surface area (Å²) in [6.07, 6.45) is 4.14. The summed E-state index contributed by atoms with van der Waals surface area (Å²) in [6, 6.07) is 14.3. The van der Waals surface area contributed by atoms with Crippen LogP contribution in [0.25, 0.3) is 10.9 Å². The molecule has 0 radical (unpaired) electrons. The van der Waals surface area contributed by atoms with E-state index in [-0.39, 0.29) is 23.8 Å². The second-order valence-electron chi connectivity index (χ2n) is 7.64. The number of anilines is 2. The van der Waals surface area contributed by atoms with Crippen molar-refractivity contribution in [3.63, 3.8) is 0 Å². The Morgan fingerprint density at radius 2 is 2.03 bits per heavy atom. The Kier molecular flexibility index (Phi) is 5.03. The van der Waals surface area contributed by atoms with Crippen LogP contribution in [0.15, 0.2) is 70.3 Å². The van der Waals surface area contributed by atoms with Crippen molar-refractivity contribution in [3.05, 3.63) is 88.4 Å². The number of aryl methyl sites for hydroxylation is 1. The average Bonchev–Trinajstić information content (AvgIpc) is 3.47. The van der Waals surface area contributed by atoms with E-state index in [4.69, 9.17) is 4.42 Å². The predicted molar refractivity (Wildman–Crippen MR) is 120 cm³/mol. The van der Waals surface area contributed by atoms with Crippen LogP contribution in [0.4, 0.5) is 11.4 Å². The number of H-pyrrole nitrogens is 1. The number of hydrogen-bond acceptors (Lipinski definition) is 5. The second-order valence-corrected chi connectivity index (χ2v) is 7.64. The van der Waals surface area contributed by atoms with Gasteiger partial charge in [0.05, 0.1) is 22.7 Å². The fourth-order valence-electron chi connectivity index (χ4n) is 3.94. The van der Waals surface area contributed by atoms with E-state index >= 15 is 0 Å². The van der Waals surface area contributed by atoms with Gasteiger partial charge >= 0.3 is 0 Å². The topological polar surface area (TPSA) is 108 Å². The van der Waals surface area contributed by atoms with Gasteiger partial charge in [-0.2, -0.15) is 0 Å². The summed E-state index contributed by atoms with van der Waals surface area (Å²) in [7, 11) is 0. The normalized spacial score (nSPS) is 12.7. The SMILES string of the molecule is O=C(CCc1nc2ccccc2c(=O)[nH]1)Nc1ccc2c(c1)CCN2C(=O)c1ccoc1. The number of nitrogens with zero attached hydrogens (tertiary/aromatic N) is 2. The summed E-state index contributed by atoms with van der Waals surface area (Å²) in [5, 5.41) is 3.42. The zero-order valence-corrected chi connectivity index (χ0v) is 17.1. The number of para-hydroxylation sites is 1. The Morgan fingerprint density at radius 3 is 2.88 bits per heavy atom. The first kappa shape index (κ1) is 19.7. The van der Waals surface area contributed by atoms with Crippen LogP contribution in [0, 0.1) is 0 Å². The van der Waals surface area contributed by atoms with Crippen LogP contribution in [0.3, 0.4) is 0 Å². The van der Waals surface area contributed by atoms with Gasteiger partial charge in [0.2, 0.25) is 5.91 Å². The van der Waals surface area contributed by atoms with E-state index in [1.165, 1.54) is 12.5 Å². The van der Waals surface area contributed by atoms with Gasteiger partial charge in [-0.1, -0.05) is 12.1 Å². The van der Waals surface area contributed by atoms with Gasteiger partial charge in [0, 0.05) is 30.8 Å². The van der Waals surface area contributed by atoms with E-state index < -0.39 is 0 Å². The zero-order chi connectivity index (χ0) is 22.1. The molecule has 8 nitrogen and oxygen atoms in total. The molecular weight excluding hydrogens is 408 g/mol. The minimum absolute atomic E-state index is 0.105. The molecule has 0 saturated carbocycles. The Balaban J connectivity index is 1.24. The highest BCUT2D eigenvalue weighted by molar-refractivity contribution is 6.07. The number of rotatable bonds is 5. The highest BCUT2D eigenvalue weighted by Crippen LogP contribution is 2.31.